The highest BCUT2D eigenvalue weighted by Gasteiger charge is 2.16. The van der Waals surface area contributed by atoms with Crippen LogP contribution in [0.3, 0.4) is 0 Å². The number of benzene rings is 2. The Labute approximate surface area is 171 Å². The SMILES string of the molecule is Cc1cc(S(=O)(=O)Nc2cccc(OCc3cscn3)c2)ccc1OCC(=O)O. The van der Waals surface area contributed by atoms with Crippen molar-refractivity contribution in [3.05, 3.63) is 64.6 Å². The number of thiazole rings is 1. The normalized spacial score (nSPS) is 11.1. The molecule has 0 fully saturated rings. The van der Waals surface area contributed by atoms with Crippen LogP contribution in [0.4, 0.5) is 5.69 Å². The van der Waals surface area contributed by atoms with Crippen LogP contribution in [0.15, 0.2) is 58.3 Å². The fraction of sp³-hybridized carbons (Fsp3) is 0.158. The van der Waals surface area contributed by atoms with E-state index >= 15 is 0 Å². The van der Waals surface area contributed by atoms with Crippen molar-refractivity contribution in [1.82, 2.24) is 4.98 Å². The van der Waals surface area contributed by atoms with E-state index in [1.165, 1.54) is 29.5 Å². The first-order valence-corrected chi connectivity index (χ1v) is 10.8. The van der Waals surface area contributed by atoms with E-state index in [4.69, 9.17) is 14.6 Å². The first-order valence-electron chi connectivity index (χ1n) is 8.41. The van der Waals surface area contributed by atoms with E-state index < -0.39 is 22.6 Å². The quantitative estimate of drug-likeness (QED) is 0.531. The Morgan fingerprint density at radius 3 is 2.72 bits per heavy atom. The Bertz CT molecular complexity index is 1100. The molecule has 1 aromatic heterocycles. The molecule has 0 bridgehead atoms. The van der Waals surface area contributed by atoms with Crippen molar-refractivity contribution >= 4 is 33.0 Å². The number of aryl methyl sites for hydroxylation is 1. The Morgan fingerprint density at radius 2 is 2.03 bits per heavy atom. The van der Waals surface area contributed by atoms with E-state index in [-0.39, 0.29) is 11.5 Å². The molecule has 29 heavy (non-hydrogen) atoms. The summed E-state index contributed by atoms with van der Waals surface area (Å²) in [4.78, 5) is 14.8. The van der Waals surface area contributed by atoms with Crippen LogP contribution >= 0.6 is 11.3 Å². The van der Waals surface area contributed by atoms with Gasteiger partial charge in [-0.2, -0.15) is 0 Å². The maximum atomic E-state index is 12.7. The lowest BCUT2D eigenvalue weighted by Crippen LogP contribution is -2.14. The Balaban J connectivity index is 1.71. The largest absolute Gasteiger partial charge is 0.487 e. The summed E-state index contributed by atoms with van der Waals surface area (Å²) in [5, 5.41) is 10.6. The van der Waals surface area contributed by atoms with Crippen LogP contribution < -0.4 is 14.2 Å². The number of rotatable bonds is 9. The first-order chi connectivity index (χ1) is 13.8. The lowest BCUT2D eigenvalue weighted by atomic mass is 10.2. The number of carboxylic acid groups (broad SMARTS) is 1. The molecule has 0 saturated heterocycles. The first kappa shape index (κ1) is 20.6. The summed E-state index contributed by atoms with van der Waals surface area (Å²) < 4.78 is 38.7. The molecule has 0 aliphatic rings. The molecule has 3 aromatic rings. The second-order valence-corrected chi connectivity index (χ2v) is 8.41. The van der Waals surface area contributed by atoms with Gasteiger partial charge in [0.05, 0.1) is 21.8 Å². The zero-order valence-electron chi connectivity index (χ0n) is 15.4. The number of nitrogens with zero attached hydrogens (tertiary/aromatic N) is 1. The number of anilines is 1. The Morgan fingerprint density at radius 1 is 1.21 bits per heavy atom. The van der Waals surface area contributed by atoms with E-state index in [9.17, 15) is 13.2 Å². The Kier molecular flexibility index (Phi) is 6.35. The van der Waals surface area contributed by atoms with Gasteiger partial charge in [0.25, 0.3) is 10.0 Å². The molecule has 0 unspecified atom stereocenters. The minimum absolute atomic E-state index is 0.0338. The second kappa shape index (κ2) is 8.93. The van der Waals surface area contributed by atoms with Crippen LogP contribution in [-0.2, 0) is 21.4 Å². The number of carboxylic acids is 1. The average Bonchev–Trinajstić information content (AvgIpc) is 3.19. The van der Waals surface area contributed by atoms with E-state index in [1.807, 2.05) is 5.38 Å². The van der Waals surface area contributed by atoms with Crippen molar-refractivity contribution in [2.75, 3.05) is 11.3 Å². The minimum Gasteiger partial charge on any atom is -0.487 e. The van der Waals surface area contributed by atoms with Crippen LogP contribution in [0, 0.1) is 6.92 Å². The maximum Gasteiger partial charge on any atom is 0.341 e. The van der Waals surface area contributed by atoms with E-state index in [2.05, 4.69) is 9.71 Å². The van der Waals surface area contributed by atoms with Gasteiger partial charge < -0.3 is 14.6 Å². The predicted molar refractivity (Wildman–Crippen MR) is 108 cm³/mol. The summed E-state index contributed by atoms with van der Waals surface area (Å²) in [6.07, 6.45) is 0. The summed E-state index contributed by atoms with van der Waals surface area (Å²) in [7, 11) is -3.85. The summed E-state index contributed by atoms with van der Waals surface area (Å²) in [5.41, 5.74) is 3.37. The minimum atomic E-state index is -3.85. The number of nitrogens with one attached hydrogen (secondary N) is 1. The summed E-state index contributed by atoms with van der Waals surface area (Å²) >= 11 is 1.47. The molecule has 0 spiro atoms. The van der Waals surface area contributed by atoms with Gasteiger partial charge in [-0.15, -0.1) is 11.3 Å². The third kappa shape index (κ3) is 5.69. The molecule has 0 aliphatic carbocycles. The molecule has 2 N–H and O–H groups in total. The van der Waals surface area contributed by atoms with Gasteiger partial charge in [0.2, 0.25) is 0 Å². The zero-order chi connectivity index (χ0) is 20.9. The number of aliphatic carboxylic acids is 1. The van der Waals surface area contributed by atoms with Crippen molar-refractivity contribution in [3.63, 3.8) is 0 Å². The van der Waals surface area contributed by atoms with Gasteiger partial charge in [-0.3, -0.25) is 4.72 Å². The van der Waals surface area contributed by atoms with Crippen molar-refractivity contribution in [1.29, 1.82) is 0 Å². The van der Waals surface area contributed by atoms with Crippen molar-refractivity contribution in [3.8, 4) is 11.5 Å². The number of ether oxygens (including phenoxy) is 2. The second-order valence-electron chi connectivity index (χ2n) is 6.01. The predicted octanol–water partition coefficient (Wildman–Crippen LogP) is 3.29. The lowest BCUT2D eigenvalue weighted by molar-refractivity contribution is -0.139. The molecule has 0 aliphatic heterocycles. The number of aromatic nitrogens is 1. The third-order valence-corrected chi connectivity index (χ3v) is 5.78. The standard InChI is InChI=1S/C19H18N2O6S2/c1-13-7-17(5-6-18(13)27-10-19(22)23)29(24,25)21-14-3-2-4-16(8-14)26-9-15-11-28-12-20-15/h2-8,11-12,21H,9-10H2,1H3,(H,22,23). The molecule has 0 amide bonds. The van der Waals surface area contributed by atoms with Crippen molar-refractivity contribution in [2.24, 2.45) is 0 Å². The molecule has 8 nitrogen and oxygen atoms in total. The van der Waals surface area contributed by atoms with Crippen LogP contribution in [0.5, 0.6) is 11.5 Å². The van der Waals surface area contributed by atoms with E-state index in [1.54, 1.807) is 36.7 Å². The molecule has 1 heterocycles. The van der Waals surface area contributed by atoms with Crippen molar-refractivity contribution in [2.45, 2.75) is 18.4 Å². The van der Waals surface area contributed by atoms with Crippen LogP contribution in [0.25, 0.3) is 0 Å². The highest BCUT2D eigenvalue weighted by atomic mass is 32.2. The molecule has 0 saturated carbocycles. The number of carbonyl (C=O) groups is 1. The molecular weight excluding hydrogens is 416 g/mol. The smallest absolute Gasteiger partial charge is 0.341 e. The van der Waals surface area contributed by atoms with E-state index in [0.717, 1.165) is 5.69 Å². The highest BCUT2D eigenvalue weighted by Crippen LogP contribution is 2.25. The average molecular weight is 434 g/mol. The molecule has 3 rings (SSSR count). The molecule has 152 valence electrons. The lowest BCUT2D eigenvalue weighted by Gasteiger charge is -2.12. The van der Waals surface area contributed by atoms with Gasteiger partial charge in [0, 0.05) is 11.4 Å². The number of sulfonamides is 1. The molecule has 2 aromatic carbocycles. The highest BCUT2D eigenvalue weighted by molar-refractivity contribution is 7.92. The summed E-state index contributed by atoms with van der Waals surface area (Å²) in [6, 6.07) is 10.8. The van der Waals surface area contributed by atoms with Gasteiger partial charge >= 0.3 is 5.97 Å². The topological polar surface area (TPSA) is 115 Å². The Hall–Kier alpha value is -3.11. The van der Waals surface area contributed by atoms with Gasteiger partial charge in [-0.05, 0) is 42.8 Å². The third-order valence-electron chi connectivity index (χ3n) is 3.76. The monoisotopic (exact) mass is 434 g/mol. The summed E-state index contributed by atoms with van der Waals surface area (Å²) in [5.74, 6) is -0.296. The van der Waals surface area contributed by atoms with Gasteiger partial charge in [-0.25, -0.2) is 18.2 Å². The fourth-order valence-corrected chi connectivity index (χ4v) is 4.10. The van der Waals surface area contributed by atoms with E-state index in [0.29, 0.717) is 22.7 Å². The van der Waals surface area contributed by atoms with Gasteiger partial charge in [0.1, 0.15) is 18.1 Å². The van der Waals surface area contributed by atoms with Crippen LogP contribution in [-0.4, -0.2) is 31.1 Å². The van der Waals surface area contributed by atoms with Crippen LogP contribution in [0.2, 0.25) is 0 Å². The zero-order valence-corrected chi connectivity index (χ0v) is 17.0. The molecule has 10 heteroatoms. The molecule has 0 atom stereocenters. The molecule has 0 radical (unpaired) electrons. The number of hydrogen-bond acceptors (Lipinski definition) is 7. The maximum absolute atomic E-state index is 12.7. The van der Waals surface area contributed by atoms with Crippen molar-refractivity contribution < 1.29 is 27.8 Å². The number of hydrogen-bond donors (Lipinski definition) is 2. The summed E-state index contributed by atoms with van der Waals surface area (Å²) in [6.45, 7) is 1.43. The van der Waals surface area contributed by atoms with Gasteiger partial charge in [-0.1, -0.05) is 6.07 Å². The fourth-order valence-electron chi connectivity index (χ4n) is 2.42. The van der Waals surface area contributed by atoms with Gasteiger partial charge in [0.15, 0.2) is 6.61 Å². The molecular formula is C19H18N2O6S2. The van der Waals surface area contributed by atoms with Crippen LogP contribution in [0.1, 0.15) is 11.3 Å².